The number of aromatic nitrogens is 1. The zero-order chi connectivity index (χ0) is 29.1. The zero-order valence-electron chi connectivity index (χ0n) is 25.5. The first-order chi connectivity index (χ1) is 19.4. The number of nitrogens with zero attached hydrogens (tertiary/aromatic N) is 3. The van der Waals surface area contributed by atoms with Crippen molar-refractivity contribution in [3.8, 4) is 11.5 Å². The summed E-state index contributed by atoms with van der Waals surface area (Å²) in [5.74, 6) is 2.75. The summed E-state index contributed by atoms with van der Waals surface area (Å²) < 4.78 is 12.4. The molecule has 218 valence electrons. The standard InChI is InChI=1S/C36H37N3O2.Pt/c1-22-17-23(2)32(20-27(22)34-38-24(3)21-40-34)41-26-13-14-29-31(19-26)39(30-12-10-9-11-28(30)36(29,7)8)33-18-25(15-16-37-33)35(4,5)6;/h9-18,24H,21H2,1-8H3;/q-2;+2/t24-;/m1./s1. The third-order valence-electron chi connectivity index (χ3n) is 8.10. The van der Waals surface area contributed by atoms with Gasteiger partial charge in [-0.05, 0) is 47.1 Å². The van der Waals surface area contributed by atoms with Crippen LogP contribution in [0.2, 0.25) is 0 Å². The first-order valence-corrected chi connectivity index (χ1v) is 14.3. The van der Waals surface area contributed by atoms with Crippen molar-refractivity contribution in [1.29, 1.82) is 0 Å². The van der Waals surface area contributed by atoms with Crippen LogP contribution >= 0.6 is 0 Å². The van der Waals surface area contributed by atoms with E-state index in [0.29, 0.717) is 24.0 Å². The molecule has 2 aliphatic heterocycles. The molecule has 4 aromatic rings. The summed E-state index contributed by atoms with van der Waals surface area (Å²) in [6.07, 6.45) is 1.90. The minimum Gasteiger partial charge on any atom is -0.518 e. The van der Waals surface area contributed by atoms with E-state index in [9.17, 15) is 0 Å². The van der Waals surface area contributed by atoms with Gasteiger partial charge in [-0.15, -0.1) is 29.3 Å². The van der Waals surface area contributed by atoms with Crippen molar-refractivity contribution in [2.24, 2.45) is 4.99 Å². The van der Waals surface area contributed by atoms with Gasteiger partial charge in [0, 0.05) is 23.4 Å². The van der Waals surface area contributed by atoms with Crippen LogP contribution in [0.5, 0.6) is 11.5 Å². The van der Waals surface area contributed by atoms with Crippen LogP contribution in [-0.4, -0.2) is 23.5 Å². The van der Waals surface area contributed by atoms with Gasteiger partial charge >= 0.3 is 21.1 Å². The van der Waals surface area contributed by atoms with E-state index < -0.39 is 0 Å². The third kappa shape index (κ3) is 5.28. The maximum atomic E-state index is 6.51. The fraction of sp³-hybridized carbons (Fsp3) is 0.333. The largest absolute Gasteiger partial charge is 2.00 e. The topological polar surface area (TPSA) is 47.0 Å². The van der Waals surface area contributed by atoms with Crippen LogP contribution in [0.15, 0.2) is 65.8 Å². The van der Waals surface area contributed by atoms with Crippen molar-refractivity contribution >= 4 is 23.1 Å². The Balaban J connectivity index is 0.00000353. The van der Waals surface area contributed by atoms with Gasteiger partial charge in [0.25, 0.3) is 0 Å². The number of aryl methyl sites for hydroxylation is 2. The van der Waals surface area contributed by atoms with Crippen LogP contribution < -0.4 is 9.64 Å². The van der Waals surface area contributed by atoms with Gasteiger partial charge in [-0.25, -0.2) is 4.98 Å². The Morgan fingerprint density at radius 2 is 1.74 bits per heavy atom. The summed E-state index contributed by atoms with van der Waals surface area (Å²) >= 11 is 0. The molecule has 0 spiro atoms. The molecule has 2 aliphatic rings. The molecule has 1 atom stereocenters. The first-order valence-electron chi connectivity index (χ1n) is 14.3. The van der Waals surface area contributed by atoms with Crippen molar-refractivity contribution < 1.29 is 30.5 Å². The predicted molar refractivity (Wildman–Crippen MR) is 165 cm³/mol. The molecule has 0 saturated carbocycles. The van der Waals surface area contributed by atoms with E-state index in [1.807, 2.05) is 26.1 Å². The monoisotopic (exact) mass is 738 g/mol. The molecule has 0 amide bonds. The van der Waals surface area contributed by atoms with Crippen molar-refractivity contribution in [3.05, 3.63) is 106 Å². The van der Waals surface area contributed by atoms with Gasteiger partial charge in [0.2, 0.25) is 0 Å². The van der Waals surface area contributed by atoms with E-state index in [0.717, 1.165) is 33.9 Å². The van der Waals surface area contributed by atoms with E-state index in [-0.39, 0.29) is 37.9 Å². The predicted octanol–water partition coefficient (Wildman–Crippen LogP) is 8.66. The molecule has 5 nitrogen and oxygen atoms in total. The number of hydrogen-bond acceptors (Lipinski definition) is 5. The van der Waals surface area contributed by atoms with Crippen LogP contribution in [0, 0.1) is 26.0 Å². The average Bonchev–Trinajstić information content (AvgIpc) is 3.36. The molecule has 0 bridgehead atoms. The van der Waals surface area contributed by atoms with E-state index in [2.05, 4.69) is 112 Å². The maximum Gasteiger partial charge on any atom is 2.00 e. The summed E-state index contributed by atoms with van der Waals surface area (Å²) in [4.78, 5) is 11.7. The van der Waals surface area contributed by atoms with Crippen molar-refractivity contribution in [2.75, 3.05) is 11.5 Å². The van der Waals surface area contributed by atoms with Crippen LogP contribution in [-0.2, 0) is 36.6 Å². The van der Waals surface area contributed by atoms with Gasteiger partial charge in [-0.3, -0.25) is 4.99 Å². The fourth-order valence-electron chi connectivity index (χ4n) is 5.73. The first kappa shape index (κ1) is 30.0. The Hall–Kier alpha value is -3.43. The fourth-order valence-corrected chi connectivity index (χ4v) is 5.73. The molecule has 1 aromatic heterocycles. The number of rotatable bonds is 4. The molecule has 42 heavy (non-hydrogen) atoms. The van der Waals surface area contributed by atoms with Gasteiger partial charge in [-0.1, -0.05) is 89.5 Å². The molecule has 0 N–H and O–H groups in total. The number of pyridine rings is 1. The normalized spacial score (nSPS) is 17.0. The number of para-hydroxylation sites is 1. The van der Waals surface area contributed by atoms with Crippen LogP contribution in [0.25, 0.3) is 0 Å². The average molecular weight is 739 g/mol. The Labute approximate surface area is 264 Å². The Morgan fingerprint density at radius 3 is 2.45 bits per heavy atom. The molecular weight excluding hydrogens is 701 g/mol. The molecular formula is C36H37N3O2Pt. The number of anilines is 3. The Morgan fingerprint density at radius 1 is 0.976 bits per heavy atom. The van der Waals surface area contributed by atoms with E-state index in [4.69, 9.17) is 14.5 Å². The van der Waals surface area contributed by atoms with Crippen molar-refractivity contribution in [2.45, 2.75) is 72.3 Å². The number of aliphatic imine (C=N–C) groups is 1. The molecule has 6 rings (SSSR count). The number of benzene rings is 3. The summed E-state index contributed by atoms with van der Waals surface area (Å²) in [6.45, 7) is 17.9. The summed E-state index contributed by atoms with van der Waals surface area (Å²) in [6, 6.07) is 26.3. The van der Waals surface area contributed by atoms with Crippen molar-refractivity contribution in [1.82, 2.24) is 4.98 Å². The molecule has 0 aliphatic carbocycles. The number of hydrogen-bond donors (Lipinski definition) is 0. The van der Waals surface area contributed by atoms with Crippen LogP contribution in [0.3, 0.4) is 0 Å². The smallest absolute Gasteiger partial charge is 0.518 e. The van der Waals surface area contributed by atoms with Crippen LogP contribution in [0.4, 0.5) is 17.2 Å². The van der Waals surface area contributed by atoms with Gasteiger partial charge in [0.1, 0.15) is 11.7 Å². The number of ether oxygens (including phenoxy) is 2. The SMILES string of the molecule is Cc1cc(C)c(C2=N[C@H](C)CO2)[c-]c1Oc1[c-]c2c(cc1)C(C)(C)c1ccccc1N2c1cc(C(C)(C)C)ccn1.[Pt+2]. The van der Waals surface area contributed by atoms with E-state index >= 15 is 0 Å². The van der Waals surface area contributed by atoms with Crippen LogP contribution in [0.1, 0.15) is 74.9 Å². The maximum absolute atomic E-state index is 6.51. The quantitative estimate of drug-likeness (QED) is 0.197. The zero-order valence-corrected chi connectivity index (χ0v) is 27.8. The minimum absolute atomic E-state index is 0. The Bertz CT molecular complexity index is 1690. The van der Waals surface area contributed by atoms with Gasteiger partial charge in [-0.2, -0.15) is 6.07 Å². The molecule has 0 saturated heterocycles. The minimum atomic E-state index is -0.229. The summed E-state index contributed by atoms with van der Waals surface area (Å²) in [7, 11) is 0. The Kier molecular flexibility index (Phi) is 7.87. The molecule has 3 heterocycles. The molecule has 6 heteroatoms. The van der Waals surface area contributed by atoms with Gasteiger partial charge in [0.05, 0.1) is 12.6 Å². The van der Waals surface area contributed by atoms with Crippen molar-refractivity contribution in [3.63, 3.8) is 0 Å². The summed E-state index contributed by atoms with van der Waals surface area (Å²) in [5, 5.41) is 0. The van der Waals surface area contributed by atoms with E-state index in [1.54, 1.807) is 0 Å². The second-order valence-electron chi connectivity index (χ2n) is 12.8. The summed E-state index contributed by atoms with van der Waals surface area (Å²) in [5.41, 5.74) is 8.33. The molecule has 0 radical (unpaired) electrons. The molecule has 0 fully saturated rings. The third-order valence-corrected chi connectivity index (χ3v) is 8.10. The molecule has 0 unspecified atom stereocenters. The number of fused-ring (bicyclic) bond motifs is 2. The second-order valence-corrected chi connectivity index (χ2v) is 12.8. The van der Waals surface area contributed by atoms with Gasteiger partial charge < -0.3 is 14.4 Å². The van der Waals surface area contributed by atoms with Gasteiger partial charge in [0.15, 0.2) is 0 Å². The molecule has 3 aromatic carbocycles. The van der Waals surface area contributed by atoms with E-state index in [1.165, 1.54) is 16.7 Å². The second kappa shape index (κ2) is 11.0.